The van der Waals surface area contributed by atoms with Crippen LogP contribution in [-0.2, 0) is 28.7 Å². The van der Waals surface area contributed by atoms with E-state index in [0.717, 1.165) is 56.3 Å². The van der Waals surface area contributed by atoms with Crippen molar-refractivity contribution in [3.05, 3.63) is 0 Å². The molecule has 0 heterocycles. The van der Waals surface area contributed by atoms with Gasteiger partial charge in [0, 0.05) is 25.8 Å². The van der Waals surface area contributed by atoms with Gasteiger partial charge in [-0.2, -0.15) is 0 Å². The Labute approximate surface area is 278 Å². The second-order valence-electron chi connectivity index (χ2n) is 12.1. The first-order chi connectivity index (χ1) is 22.2. The minimum absolute atomic E-state index is 0.00199. The molecule has 0 radical (unpaired) electrons. The summed E-state index contributed by atoms with van der Waals surface area (Å²) >= 11 is 0. The molecule has 4 amide bonds. The standard InChI is InChI=1S/C35H65N5O6/c1-5-8-11-13-15-17-20-24-30(41)39-35(36)37-27-22-23-29(34(45)38-28-33(44)46-4)40(31(42)25-19-10-7-3)32(43)26-21-18-16-14-12-9-6-2/h29H,5-28H2,1-4H3,(H,38,45)(H3,36,37,39,41). The van der Waals surface area contributed by atoms with Crippen molar-refractivity contribution in [2.24, 2.45) is 10.7 Å². The van der Waals surface area contributed by atoms with Crippen LogP contribution in [0.25, 0.3) is 0 Å². The maximum Gasteiger partial charge on any atom is 0.325 e. The number of nitrogens with one attached hydrogen (secondary N) is 2. The Kier molecular flexibility index (Phi) is 27.5. The normalized spacial score (nSPS) is 12.0. The summed E-state index contributed by atoms with van der Waals surface area (Å²) in [6, 6.07) is -1.10. The monoisotopic (exact) mass is 651 g/mol. The lowest BCUT2D eigenvalue weighted by atomic mass is 10.0. The lowest BCUT2D eigenvalue weighted by Gasteiger charge is -2.29. The summed E-state index contributed by atoms with van der Waals surface area (Å²) in [7, 11) is 1.22. The molecular formula is C35H65N5O6. The third kappa shape index (κ3) is 22.5. The molecule has 0 spiro atoms. The molecule has 11 heteroatoms. The number of hydrogen-bond acceptors (Lipinski definition) is 7. The number of nitrogens with two attached hydrogens (primary N) is 1. The number of ether oxygens (including phenoxy) is 1. The van der Waals surface area contributed by atoms with Crippen LogP contribution < -0.4 is 16.4 Å². The minimum atomic E-state index is -1.10. The predicted octanol–water partition coefficient (Wildman–Crippen LogP) is 6.07. The molecule has 0 fully saturated rings. The van der Waals surface area contributed by atoms with Gasteiger partial charge >= 0.3 is 5.97 Å². The van der Waals surface area contributed by atoms with Crippen molar-refractivity contribution in [3.63, 3.8) is 0 Å². The van der Waals surface area contributed by atoms with E-state index in [1.54, 1.807) is 0 Å². The van der Waals surface area contributed by atoms with Gasteiger partial charge in [0.25, 0.3) is 0 Å². The van der Waals surface area contributed by atoms with Gasteiger partial charge < -0.3 is 15.8 Å². The number of imide groups is 1. The molecule has 11 nitrogen and oxygen atoms in total. The van der Waals surface area contributed by atoms with Crippen molar-refractivity contribution in [2.45, 2.75) is 168 Å². The number of esters is 1. The van der Waals surface area contributed by atoms with Crippen molar-refractivity contribution < 1.29 is 28.7 Å². The Morgan fingerprint density at radius 2 is 1.13 bits per heavy atom. The van der Waals surface area contributed by atoms with Crippen molar-refractivity contribution in [1.29, 1.82) is 0 Å². The number of amides is 4. The van der Waals surface area contributed by atoms with Crippen LogP contribution in [0.1, 0.15) is 162 Å². The van der Waals surface area contributed by atoms with Crippen LogP contribution >= 0.6 is 0 Å². The summed E-state index contributed by atoms with van der Waals surface area (Å²) < 4.78 is 4.64. The molecule has 0 aromatic carbocycles. The van der Waals surface area contributed by atoms with E-state index in [1.165, 1.54) is 52.1 Å². The molecule has 0 aliphatic heterocycles. The molecule has 0 bridgehead atoms. The van der Waals surface area contributed by atoms with Crippen molar-refractivity contribution in [3.8, 4) is 0 Å². The number of methoxy groups -OCH3 is 1. The fourth-order valence-electron chi connectivity index (χ4n) is 5.19. The lowest BCUT2D eigenvalue weighted by molar-refractivity contribution is -0.153. The molecule has 0 rings (SSSR count). The number of guanidine groups is 1. The largest absolute Gasteiger partial charge is 0.468 e. The van der Waals surface area contributed by atoms with Crippen molar-refractivity contribution in [1.82, 2.24) is 15.5 Å². The zero-order chi connectivity index (χ0) is 34.4. The van der Waals surface area contributed by atoms with Gasteiger partial charge in [-0.3, -0.25) is 39.2 Å². The number of carbonyl (C=O) groups is 5. The molecule has 0 aliphatic carbocycles. The van der Waals surface area contributed by atoms with Crippen LogP contribution in [0.4, 0.5) is 0 Å². The number of aliphatic imine (C=N–C) groups is 1. The maximum atomic E-state index is 13.5. The molecule has 0 saturated carbocycles. The Morgan fingerprint density at radius 3 is 1.65 bits per heavy atom. The summed E-state index contributed by atoms with van der Waals surface area (Å²) in [5, 5.41) is 5.14. The SMILES string of the molecule is CCCCCCCCCC(=O)NC(N)=NCCCC(C(=O)NCC(=O)OC)N(C(=O)CCCCC)C(=O)CCCCCCCCC. The van der Waals surface area contributed by atoms with E-state index in [9.17, 15) is 24.0 Å². The van der Waals surface area contributed by atoms with E-state index < -0.39 is 17.9 Å². The van der Waals surface area contributed by atoms with Crippen LogP contribution in [-0.4, -0.2) is 66.7 Å². The second-order valence-corrected chi connectivity index (χ2v) is 12.1. The molecular weight excluding hydrogens is 586 g/mol. The van der Waals surface area contributed by atoms with Gasteiger partial charge in [0.05, 0.1) is 7.11 Å². The molecule has 0 aromatic heterocycles. The van der Waals surface area contributed by atoms with Crippen molar-refractivity contribution in [2.75, 3.05) is 20.2 Å². The van der Waals surface area contributed by atoms with Crippen LogP contribution in [0.5, 0.6) is 0 Å². The Balaban J connectivity index is 5.34. The third-order valence-electron chi connectivity index (χ3n) is 7.97. The fourth-order valence-corrected chi connectivity index (χ4v) is 5.19. The molecule has 4 N–H and O–H groups in total. The quantitative estimate of drug-likeness (QED) is 0.0400. The third-order valence-corrected chi connectivity index (χ3v) is 7.97. The highest BCUT2D eigenvalue weighted by Gasteiger charge is 2.34. The van der Waals surface area contributed by atoms with Crippen LogP contribution in [0, 0.1) is 0 Å². The van der Waals surface area contributed by atoms with E-state index >= 15 is 0 Å². The second kappa shape index (κ2) is 29.4. The molecule has 1 atom stereocenters. The Morgan fingerprint density at radius 1 is 0.674 bits per heavy atom. The minimum Gasteiger partial charge on any atom is -0.468 e. The highest BCUT2D eigenvalue weighted by atomic mass is 16.5. The van der Waals surface area contributed by atoms with E-state index in [1.807, 2.05) is 6.92 Å². The highest BCUT2D eigenvalue weighted by molar-refractivity contribution is 6.01. The van der Waals surface area contributed by atoms with Gasteiger partial charge in [-0.25, -0.2) is 0 Å². The lowest BCUT2D eigenvalue weighted by Crippen LogP contribution is -2.53. The van der Waals surface area contributed by atoms with Crippen LogP contribution in [0.15, 0.2) is 4.99 Å². The first-order valence-corrected chi connectivity index (χ1v) is 18.0. The van der Waals surface area contributed by atoms with Gasteiger partial charge in [0.15, 0.2) is 5.96 Å². The molecule has 0 aromatic rings. The fraction of sp³-hybridized carbons (Fsp3) is 0.829. The molecule has 46 heavy (non-hydrogen) atoms. The van der Waals surface area contributed by atoms with E-state index in [0.29, 0.717) is 25.7 Å². The molecule has 0 aliphatic rings. The highest BCUT2D eigenvalue weighted by Crippen LogP contribution is 2.17. The van der Waals surface area contributed by atoms with Crippen LogP contribution in [0.3, 0.4) is 0 Å². The van der Waals surface area contributed by atoms with Crippen LogP contribution in [0.2, 0.25) is 0 Å². The number of unbranched alkanes of at least 4 members (excludes halogenated alkanes) is 14. The van der Waals surface area contributed by atoms with E-state index in [2.05, 4.69) is 34.2 Å². The predicted molar refractivity (Wildman–Crippen MR) is 184 cm³/mol. The summed E-state index contributed by atoms with van der Waals surface area (Å²) in [6.45, 7) is 6.20. The Hall–Kier alpha value is -2.98. The average Bonchev–Trinajstić information content (AvgIpc) is 3.03. The zero-order valence-corrected chi connectivity index (χ0v) is 29.5. The molecule has 1 unspecified atom stereocenters. The summed E-state index contributed by atoms with van der Waals surface area (Å²) in [4.78, 5) is 69.5. The van der Waals surface area contributed by atoms with E-state index in [4.69, 9.17) is 5.73 Å². The number of rotatable bonds is 28. The molecule has 266 valence electrons. The van der Waals surface area contributed by atoms with Gasteiger partial charge in [-0.05, 0) is 32.1 Å². The Bertz CT molecular complexity index is 895. The van der Waals surface area contributed by atoms with Gasteiger partial charge in [0.2, 0.25) is 23.6 Å². The van der Waals surface area contributed by atoms with Gasteiger partial charge in [-0.1, -0.05) is 111 Å². The smallest absolute Gasteiger partial charge is 0.325 e. The number of carbonyl (C=O) groups excluding carboxylic acids is 5. The summed E-state index contributed by atoms with van der Waals surface area (Å²) in [5.74, 6) is -2.18. The molecule has 0 saturated heterocycles. The average molecular weight is 652 g/mol. The first kappa shape index (κ1) is 43.0. The topological polar surface area (TPSA) is 160 Å². The number of hydrogen-bond donors (Lipinski definition) is 3. The van der Waals surface area contributed by atoms with Gasteiger partial charge in [-0.15, -0.1) is 0 Å². The number of nitrogens with zero attached hydrogens (tertiary/aromatic N) is 2. The van der Waals surface area contributed by atoms with Gasteiger partial charge in [0.1, 0.15) is 12.6 Å². The van der Waals surface area contributed by atoms with Crippen molar-refractivity contribution >= 4 is 35.6 Å². The summed E-state index contributed by atoms with van der Waals surface area (Å²) in [6.07, 6.45) is 18.5. The maximum absolute atomic E-state index is 13.5. The zero-order valence-electron chi connectivity index (χ0n) is 29.5. The summed E-state index contributed by atoms with van der Waals surface area (Å²) in [5.41, 5.74) is 5.93. The van der Waals surface area contributed by atoms with E-state index in [-0.39, 0.29) is 56.0 Å². The first-order valence-electron chi connectivity index (χ1n) is 18.0.